The quantitative estimate of drug-likeness (QED) is 0.681. The van der Waals surface area contributed by atoms with E-state index in [4.69, 9.17) is 4.42 Å². The van der Waals surface area contributed by atoms with Gasteiger partial charge in [0.1, 0.15) is 5.76 Å². The predicted octanol–water partition coefficient (Wildman–Crippen LogP) is 3.24. The van der Waals surface area contributed by atoms with Gasteiger partial charge < -0.3 is 15.1 Å². The zero-order valence-corrected chi connectivity index (χ0v) is 18.4. The molecule has 4 rings (SSSR count). The van der Waals surface area contributed by atoms with Crippen LogP contribution in [0, 0.1) is 0 Å². The summed E-state index contributed by atoms with van der Waals surface area (Å²) in [4.78, 5) is 14.5. The SMILES string of the molecule is O=C(NCC1CCCCN1Cc1ccc(S(=O)(=O)N2CCCC2)o1)Nc1ccccc1. The number of carbonyl (C=O) groups excluding carboxylic acids is 1. The molecule has 9 heteroatoms. The summed E-state index contributed by atoms with van der Waals surface area (Å²) in [7, 11) is -3.54. The molecule has 2 N–H and O–H groups in total. The van der Waals surface area contributed by atoms with E-state index in [2.05, 4.69) is 15.5 Å². The van der Waals surface area contributed by atoms with E-state index < -0.39 is 10.0 Å². The number of sulfonamides is 1. The summed E-state index contributed by atoms with van der Waals surface area (Å²) >= 11 is 0. The van der Waals surface area contributed by atoms with E-state index in [0.29, 0.717) is 31.9 Å². The second-order valence-electron chi connectivity index (χ2n) is 8.15. The molecule has 3 heterocycles. The van der Waals surface area contributed by atoms with E-state index in [1.54, 1.807) is 12.1 Å². The van der Waals surface area contributed by atoms with Gasteiger partial charge >= 0.3 is 6.03 Å². The number of amides is 2. The number of para-hydroxylation sites is 1. The van der Waals surface area contributed by atoms with E-state index in [0.717, 1.165) is 44.3 Å². The summed E-state index contributed by atoms with van der Waals surface area (Å²) in [6.45, 7) is 3.06. The van der Waals surface area contributed by atoms with Crippen molar-refractivity contribution in [2.45, 2.75) is 49.8 Å². The highest BCUT2D eigenvalue weighted by molar-refractivity contribution is 7.89. The molecular formula is C22H30N4O4S. The molecule has 0 saturated carbocycles. The fourth-order valence-electron chi connectivity index (χ4n) is 4.24. The fraction of sp³-hybridized carbons (Fsp3) is 0.500. The van der Waals surface area contributed by atoms with Crippen molar-refractivity contribution < 1.29 is 17.6 Å². The Morgan fingerprint density at radius 2 is 1.74 bits per heavy atom. The van der Waals surface area contributed by atoms with Crippen molar-refractivity contribution in [3.63, 3.8) is 0 Å². The zero-order chi connectivity index (χ0) is 21.7. The molecule has 2 fully saturated rings. The van der Waals surface area contributed by atoms with Gasteiger partial charge in [-0.2, -0.15) is 4.31 Å². The maximum absolute atomic E-state index is 12.7. The Morgan fingerprint density at radius 1 is 1.00 bits per heavy atom. The van der Waals surface area contributed by atoms with Gasteiger partial charge in [-0.25, -0.2) is 13.2 Å². The number of nitrogens with zero attached hydrogens (tertiary/aromatic N) is 2. The summed E-state index contributed by atoms with van der Waals surface area (Å²) in [6, 6.07) is 12.6. The Labute approximate surface area is 183 Å². The molecule has 2 aliphatic rings. The smallest absolute Gasteiger partial charge is 0.319 e. The number of furan rings is 1. The number of benzene rings is 1. The van der Waals surface area contributed by atoms with E-state index in [9.17, 15) is 13.2 Å². The van der Waals surface area contributed by atoms with Crippen LogP contribution in [0.5, 0.6) is 0 Å². The topological polar surface area (TPSA) is 94.9 Å². The molecule has 2 saturated heterocycles. The Morgan fingerprint density at radius 3 is 2.52 bits per heavy atom. The van der Waals surface area contributed by atoms with Crippen molar-refractivity contribution in [3.05, 3.63) is 48.2 Å². The van der Waals surface area contributed by atoms with Crippen LogP contribution in [0.3, 0.4) is 0 Å². The lowest BCUT2D eigenvalue weighted by Gasteiger charge is -2.35. The fourth-order valence-corrected chi connectivity index (χ4v) is 5.69. The maximum Gasteiger partial charge on any atom is 0.319 e. The lowest BCUT2D eigenvalue weighted by atomic mass is 10.0. The normalized spacial score (nSPS) is 20.6. The highest BCUT2D eigenvalue weighted by Gasteiger charge is 2.31. The average Bonchev–Trinajstić information content (AvgIpc) is 3.47. The van der Waals surface area contributed by atoms with Crippen LogP contribution in [0.2, 0.25) is 0 Å². The van der Waals surface area contributed by atoms with Crippen molar-refractivity contribution in [3.8, 4) is 0 Å². The number of hydrogen-bond acceptors (Lipinski definition) is 5. The van der Waals surface area contributed by atoms with E-state index in [1.807, 2.05) is 30.3 Å². The molecule has 1 aromatic carbocycles. The van der Waals surface area contributed by atoms with E-state index in [1.165, 1.54) is 4.31 Å². The lowest BCUT2D eigenvalue weighted by Crippen LogP contribution is -2.47. The van der Waals surface area contributed by atoms with E-state index in [-0.39, 0.29) is 17.2 Å². The van der Waals surface area contributed by atoms with Crippen LogP contribution < -0.4 is 10.6 Å². The number of hydrogen-bond donors (Lipinski definition) is 2. The third-order valence-corrected chi connectivity index (χ3v) is 7.71. The Hall–Kier alpha value is -2.36. The summed E-state index contributed by atoms with van der Waals surface area (Å²) in [5, 5.41) is 5.82. The highest BCUT2D eigenvalue weighted by Crippen LogP contribution is 2.25. The van der Waals surface area contributed by atoms with Crippen molar-refractivity contribution in [2.75, 3.05) is 31.5 Å². The summed E-state index contributed by atoms with van der Waals surface area (Å²) < 4.78 is 32.6. The molecule has 2 aliphatic heterocycles. The van der Waals surface area contributed by atoms with Crippen LogP contribution in [0.4, 0.5) is 10.5 Å². The van der Waals surface area contributed by atoms with Crippen LogP contribution in [-0.2, 0) is 16.6 Å². The molecule has 1 unspecified atom stereocenters. The van der Waals surface area contributed by atoms with Crippen LogP contribution in [0.25, 0.3) is 0 Å². The Bertz CT molecular complexity index is 970. The van der Waals surface area contributed by atoms with Crippen molar-refractivity contribution in [1.82, 2.24) is 14.5 Å². The number of rotatable bonds is 7. The molecule has 0 aliphatic carbocycles. The molecular weight excluding hydrogens is 416 g/mol. The van der Waals surface area contributed by atoms with Crippen LogP contribution in [0.15, 0.2) is 52.0 Å². The van der Waals surface area contributed by atoms with Crippen LogP contribution >= 0.6 is 0 Å². The molecule has 8 nitrogen and oxygen atoms in total. The highest BCUT2D eigenvalue weighted by atomic mass is 32.2. The standard InChI is InChI=1S/C22H30N4O4S/c27-22(24-18-8-2-1-3-9-18)23-16-19-10-4-5-13-25(19)17-20-11-12-21(30-20)31(28,29)26-14-6-7-15-26/h1-3,8-9,11-12,19H,4-7,10,13-17H2,(H2,23,24,27). The summed E-state index contributed by atoms with van der Waals surface area (Å²) in [5.41, 5.74) is 0.753. The second-order valence-corrected chi connectivity index (χ2v) is 10.0. The van der Waals surface area contributed by atoms with Gasteiger partial charge in [0, 0.05) is 31.4 Å². The molecule has 0 bridgehead atoms. The van der Waals surface area contributed by atoms with Gasteiger partial charge in [-0.05, 0) is 56.5 Å². The minimum Gasteiger partial charge on any atom is -0.447 e. The van der Waals surface area contributed by atoms with Gasteiger partial charge in [-0.3, -0.25) is 4.90 Å². The number of piperidine rings is 1. The Balaban J connectivity index is 1.34. The van der Waals surface area contributed by atoms with Gasteiger partial charge in [0.05, 0.1) is 6.54 Å². The molecule has 1 aromatic heterocycles. The van der Waals surface area contributed by atoms with Crippen LogP contribution in [0.1, 0.15) is 37.9 Å². The largest absolute Gasteiger partial charge is 0.447 e. The minimum atomic E-state index is -3.54. The second kappa shape index (κ2) is 9.84. The van der Waals surface area contributed by atoms with Gasteiger partial charge in [0.25, 0.3) is 10.0 Å². The average molecular weight is 447 g/mol. The molecule has 0 radical (unpaired) electrons. The monoisotopic (exact) mass is 446 g/mol. The molecule has 168 valence electrons. The zero-order valence-electron chi connectivity index (χ0n) is 17.6. The van der Waals surface area contributed by atoms with Crippen LogP contribution in [-0.4, -0.2) is 55.9 Å². The number of carbonyl (C=O) groups is 1. The molecule has 0 spiro atoms. The molecule has 2 amide bonds. The van der Waals surface area contributed by atoms with Gasteiger partial charge in [-0.1, -0.05) is 24.6 Å². The van der Waals surface area contributed by atoms with Gasteiger partial charge in [0.15, 0.2) is 0 Å². The first-order valence-corrected chi connectivity index (χ1v) is 12.4. The third kappa shape index (κ3) is 5.47. The Kier molecular flexibility index (Phi) is 6.94. The first kappa shape index (κ1) is 21.9. The minimum absolute atomic E-state index is 0.0262. The summed E-state index contributed by atoms with van der Waals surface area (Å²) in [5.74, 6) is 0.637. The maximum atomic E-state index is 12.7. The van der Waals surface area contributed by atoms with Gasteiger partial charge in [-0.15, -0.1) is 0 Å². The van der Waals surface area contributed by atoms with E-state index >= 15 is 0 Å². The third-order valence-electron chi connectivity index (χ3n) is 5.93. The molecule has 2 aromatic rings. The van der Waals surface area contributed by atoms with Gasteiger partial charge in [0.2, 0.25) is 5.09 Å². The van der Waals surface area contributed by atoms with Crippen molar-refractivity contribution >= 4 is 21.7 Å². The first-order chi connectivity index (χ1) is 15.0. The first-order valence-electron chi connectivity index (χ1n) is 11.0. The number of anilines is 1. The number of urea groups is 1. The molecule has 31 heavy (non-hydrogen) atoms. The summed E-state index contributed by atoms with van der Waals surface area (Å²) in [6.07, 6.45) is 4.95. The number of nitrogens with one attached hydrogen (secondary N) is 2. The van der Waals surface area contributed by atoms with Crippen molar-refractivity contribution in [2.24, 2.45) is 0 Å². The lowest BCUT2D eigenvalue weighted by molar-refractivity contribution is 0.127. The van der Waals surface area contributed by atoms with Crippen molar-refractivity contribution in [1.29, 1.82) is 0 Å². The molecule has 1 atom stereocenters. The predicted molar refractivity (Wildman–Crippen MR) is 118 cm³/mol. The number of likely N-dealkylation sites (tertiary alicyclic amines) is 1.